The molecule has 0 saturated heterocycles. The second kappa shape index (κ2) is 10.4. The van der Waals surface area contributed by atoms with E-state index in [2.05, 4.69) is 15.9 Å². The van der Waals surface area contributed by atoms with Gasteiger partial charge in [0.2, 0.25) is 5.76 Å². The molecule has 0 aliphatic carbocycles. The minimum atomic E-state index is -0.644. The number of halogens is 1. The Bertz CT molecular complexity index is 1730. The molecule has 7 heteroatoms. The molecule has 194 valence electrons. The summed E-state index contributed by atoms with van der Waals surface area (Å²) in [5.74, 6) is 1.12. The molecule has 4 aromatic carbocycles. The SMILES string of the molecule is COc1ccc(CN2C(=O)c3oc4ccc(Br)cc4c(=O)c3C2c2cccc(OCc3ccccc3)c2)cc1. The van der Waals surface area contributed by atoms with Gasteiger partial charge in [-0.25, -0.2) is 0 Å². The van der Waals surface area contributed by atoms with Crippen LogP contribution in [-0.4, -0.2) is 17.9 Å². The second-order valence-electron chi connectivity index (χ2n) is 9.34. The summed E-state index contributed by atoms with van der Waals surface area (Å²) in [6.45, 7) is 0.688. The maximum atomic E-state index is 13.9. The van der Waals surface area contributed by atoms with E-state index in [1.807, 2.05) is 78.9 Å². The van der Waals surface area contributed by atoms with Gasteiger partial charge in [-0.3, -0.25) is 9.59 Å². The summed E-state index contributed by atoms with van der Waals surface area (Å²) < 4.78 is 18.2. The van der Waals surface area contributed by atoms with Crippen molar-refractivity contribution in [2.75, 3.05) is 7.11 Å². The number of hydrogen-bond acceptors (Lipinski definition) is 5. The Morgan fingerprint density at radius 1 is 0.846 bits per heavy atom. The molecule has 2 heterocycles. The van der Waals surface area contributed by atoms with Crippen LogP contribution in [0, 0.1) is 0 Å². The van der Waals surface area contributed by atoms with E-state index < -0.39 is 6.04 Å². The molecule has 5 aromatic rings. The fourth-order valence-electron chi connectivity index (χ4n) is 4.95. The third-order valence-electron chi connectivity index (χ3n) is 6.86. The van der Waals surface area contributed by atoms with E-state index >= 15 is 0 Å². The first-order valence-corrected chi connectivity index (χ1v) is 13.3. The van der Waals surface area contributed by atoms with Gasteiger partial charge in [0.1, 0.15) is 23.7 Å². The quantitative estimate of drug-likeness (QED) is 0.209. The molecule has 6 nitrogen and oxygen atoms in total. The Balaban J connectivity index is 1.44. The molecule has 1 amide bonds. The fourth-order valence-corrected chi connectivity index (χ4v) is 5.31. The van der Waals surface area contributed by atoms with Crippen molar-refractivity contribution in [3.8, 4) is 11.5 Å². The Morgan fingerprint density at radius 3 is 2.41 bits per heavy atom. The van der Waals surface area contributed by atoms with Gasteiger partial charge in [-0.15, -0.1) is 0 Å². The third kappa shape index (κ3) is 4.81. The molecular weight excluding hydrogens is 558 g/mol. The molecule has 0 N–H and O–H groups in total. The highest BCUT2D eigenvalue weighted by molar-refractivity contribution is 9.10. The first-order chi connectivity index (χ1) is 19.0. The Labute approximate surface area is 233 Å². The number of carbonyl (C=O) groups excluding carboxylic acids is 1. The van der Waals surface area contributed by atoms with Crippen LogP contribution in [0.3, 0.4) is 0 Å². The number of carbonyl (C=O) groups is 1. The van der Waals surface area contributed by atoms with Crippen LogP contribution >= 0.6 is 15.9 Å². The zero-order chi connectivity index (χ0) is 26.9. The van der Waals surface area contributed by atoms with Crippen molar-refractivity contribution in [2.45, 2.75) is 19.2 Å². The topological polar surface area (TPSA) is 69.0 Å². The molecule has 1 atom stereocenters. The predicted molar refractivity (Wildman–Crippen MR) is 152 cm³/mol. The molecule has 0 radical (unpaired) electrons. The summed E-state index contributed by atoms with van der Waals surface area (Å²) in [7, 11) is 1.61. The minimum absolute atomic E-state index is 0.0731. The summed E-state index contributed by atoms with van der Waals surface area (Å²) in [5.41, 5.74) is 3.20. The van der Waals surface area contributed by atoms with Crippen LogP contribution in [0.15, 0.2) is 111 Å². The van der Waals surface area contributed by atoms with Crippen LogP contribution in [0.1, 0.15) is 38.9 Å². The maximum Gasteiger partial charge on any atom is 0.291 e. The van der Waals surface area contributed by atoms with E-state index in [4.69, 9.17) is 13.9 Å². The van der Waals surface area contributed by atoms with E-state index in [1.165, 1.54) is 0 Å². The average Bonchev–Trinajstić information content (AvgIpc) is 3.24. The largest absolute Gasteiger partial charge is 0.497 e. The van der Waals surface area contributed by atoms with Gasteiger partial charge in [-0.1, -0.05) is 70.5 Å². The number of benzene rings is 4. The number of rotatable bonds is 7. The van der Waals surface area contributed by atoms with Crippen LogP contribution in [-0.2, 0) is 13.2 Å². The Kier molecular flexibility index (Phi) is 6.67. The normalized spacial score (nSPS) is 14.5. The van der Waals surface area contributed by atoms with Gasteiger partial charge in [0.05, 0.1) is 24.1 Å². The van der Waals surface area contributed by atoms with Crippen molar-refractivity contribution in [3.63, 3.8) is 0 Å². The number of ether oxygens (including phenoxy) is 2. The highest BCUT2D eigenvalue weighted by Crippen LogP contribution is 2.40. The lowest BCUT2D eigenvalue weighted by atomic mass is 9.98. The van der Waals surface area contributed by atoms with Crippen LogP contribution < -0.4 is 14.9 Å². The lowest BCUT2D eigenvalue weighted by Gasteiger charge is -2.25. The van der Waals surface area contributed by atoms with Gasteiger partial charge in [-0.2, -0.15) is 0 Å². The third-order valence-corrected chi connectivity index (χ3v) is 7.36. The molecule has 0 fully saturated rings. The zero-order valence-corrected chi connectivity index (χ0v) is 22.7. The molecule has 6 rings (SSSR count). The van der Waals surface area contributed by atoms with Gasteiger partial charge in [0, 0.05) is 11.0 Å². The number of methoxy groups -OCH3 is 1. The van der Waals surface area contributed by atoms with Crippen molar-refractivity contribution in [1.29, 1.82) is 0 Å². The summed E-state index contributed by atoms with van der Waals surface area (Å²) >= 11 is 3.45. The fraction of sp³-hybridized carbons (Fsp3) is 0.125. The summed E-state index contributed by atoms with van der Waals surface area (Å²) in [6.07, 6.45) is 0. The molecule has 1 aliphatic heterocycles. The lowest BCUT2D eigenvalue weighted by molar-refractivity contribution is 0.0714. The standard InChI is InChI=1S/C32H24BrNO5/c1-37-24-13-10-20(11-14-24)18-34-29(22-8-5-9-25(16-22)38-19-21-6-3-2-4-7-21)28-30(35)26-17-23(33)12-15-27(26)39-31(28)32(34)36/h2-17,29H,18-19H2,1H3. The van der Waals surface area contributed by atoms with Crippen LogP contribution in [0.25, 0.3) is 11.0 Å². The van der Waals surface area contributed by atoms with Gasteiger partial charge >= 0.3 is 0 Å². The summed E-state index contributed by atoms with van der Waals surface area (Å²) in [4.78, 5) is 29.3. The van der Waals surface area contributed by atoms with Crippen molar-refractivity contribution in [1.82, 2.24) is 4.90 Å². The van der Waals surface area contributed by atoms with Crippen molar-refractivity contribution in [3.05, 3.63) is 140 Å². The highest BCUT2D eigenvalue weighted by Gasteiger charge is 2.42. The maximum absolute atomic E-state index is 13.9. The smallest absolute Gasteiger partial charge is 0.291 e. The van der Waals surface area contributed by atoms with E-state index in [1.54, 1.807) is 30.2 Å². The number of fused-ring (bicyclic) bond motifs is 2. The summed E-state index contributed by atoms with van der Waals surface area (Å²) in [6, 6.07) is 29.6. The van der Waals surface area contributed by atoms with E-state index in [9.17, 15) is 9.59 Å². The molecular formula is C32H24BrNO5. The van der Waals surface area contributed by atoms with Crippen molar-refractivity contribution >= 4 is 32.8 Å². The van der Waals surface area contributed by atoms with Crippen molar-refractivity contribution < 1.29 is 18.7 Å². The van der Waals surface area contributed by atoms with Crippen molar-refractivity contribution in [2.24, 2.45) is 0 Å². The molecule has 1 aliphatic rings. The number of hydrogen-bond donors (Lipinski definition) is 0. The predicted octanol–water partition coefficient (Wildman–Crippen LogP) is 6.89. The van der Waals surface area contributed by atoms with Gasteiger partial charge in [-0.05, 0) is 59.2 Å². The van der Waals surface area contributed by atoms with Gasteiger partial charge in [0.25, 0.3) is 5.91 Å². The monoisotopic (exact) mass is 581 g/mol. The van der Waals surface area contributed by atoms with E-state index in [0.717, 1.165) is 26.9 Å². The Morgan fingerprint density at radius 2 is 1.64 bits per heavy atom. The van der Waals surface area contributed by atoms with Crippen LogP contribution in [0.5, 0.6) is 11.5 Å². The second-order valence-corrected chi connectivity index (χ2v) is 10.3. The molecule has 39 heavy (non-hydrogen) atoms. The zero-order valence-electron chi connectivity index (χ0n) is 21.1. The highest BCUT2D eigenvalue weighted by atomic mass is 79.9. The number of nitrogens with zero attached hydrogens (tertiary/aromatic N) is 1. The molecule has 0 spiro atoms. The first-order valence-electron chi connectivity index (χ1n) is 12.5. The average molecular weight is 582 g/mol. The minimum Gasteiger partial charge on any atom is -0.497 e. The van der Waals surface area contributed by atoms with E-state index in [0.29, 0.717) is 28.9 Å². The van der Waals surface area contributed by atoms with E-state index in [-0.39, 0.29) is 23.6 Å². The molecule has 0 bridgehead atoms. The molecule has 1 aromatic heterocycles. The van der Waals surface area contributed by atoms with Crippen LogP contribution in [0.4, 0.5) is 0 Å². The lowest BCUT2D eigenvalue weighted by Crippen LogP contribution is -2.29. The molecule has 1 unspecified atom stereocenters. The first kappa shape index (κ1) is 24.9. The number of amides is 1. The summed E-state index contributed by atoms with van der Waals surface area (Å²) in [5, 5.41) is 0.420. The molecule has 0 saturated carbocycles. The van der Waals surface area contributed by atoms with Gasteiger partial charge in [0.15, 0.2) is 5.43 Å². The van der Waals surface area contributed by atoms with Crippen LogP contribution in [0.2, 0.25) is 0 Å². The van der Waals surface area contributed by atoms with Gasteiger partial charge < -0.3 is 18.8 Å². The Hall–Kier alpha value is -4.36.